The first-order chi connectivity index (χ1) is 9.65. The fourth-order valence-electron chi connectivity index (χ4n) is 3.10. The number of benzene rings is 1. The molecule has 0 aliphatic carbocycles. The van der Waals surface area contributed by atoms with Gasteiger partial charge in [0.05, 0.1) is 18.8 Å². The Morgan fingerprint density at radius 2 is 2.25 bits per heavy atom. The molecule has 5 heteroatoms. The summed E-state index contributed by atoms with van der Waals surface area (Å²) in [5.74, 6) is 1.08. The van der Waals surface area contributed by atoms with Crippen LogP contribution in [0, 0.1) is 0 Å². The molecule has 20 heavy (non-hydrogen) atoms. The van der Waals surface area contributed by atoms with Gasteiger partial charge >= 0.3 is 0 Å². The molecule has 1 aromatic carbocycles. The summed E-state index contributed by atoms with van der Waals surface area (Å²) < 4.78 is 12.7. The number of hydrogen-bond acceptors (Lipinski definition) is 4. The Balaban J connectivity index is 1.77. The number of ether oxygens (including phenoxy) is 2. The van der Waals surface area contributed by atoms with Gasteiger partial charge in [0.15, 0.2) is 0 Å². The van der Waals surface area contributed by atoms with Gasteiger partial charge < -0.3 is 15.2 Å². The van der Waals surface area contributed by atoms with Crippen molar-refractivity contribution in [1.29, 1.82) is 0 Å². The zero-order valence-electron chi connectivity index (χ0n) is 11.8. The van der Waals surface area contributed by atoms with Crippen LogP contribution in [0.15, 0.2) is 16.6 Å². The second-order valence-electron chi connectivity index (χ2n) is 5.65. The minimum atomic E-state index is 0.139. The van der Waals surface area contributed by atoms with Crippen LogP contribution >= 0.6 is 15.9 Å². The maximum atomic E-state index is 5.81. The molecule has 2 N–H and O–H groups in total. The molecule has 2 aliphatic heterocycles. The molecule has 2 atom stereocenters. The lowest BCUT2D eigenvalue weighted by Gasteiger charge is -2.36. The molecule has 4 nitrogen and oxygen atoms in total. The maximum absolute atomic E-state index is 5.81. The lowest BCUT2D eigenvalue weighted by molar-refractivity contribution is -0.0746. The predicted molar refractivity (Wildman–Crippen MR) is 82.0 cm³/mol. The van der Waals surface area contributed by atoms with Crippen LogP contribution in [0.3, 0.4) is 0 Å². The Kier molecular flexibility index (Phi) is 4.31. The van der Waals surface area contributed by atoms with E-state index in [1.165, 1.54) is 11.1 Å². The second kappa shape index (κ2) is 6.02. The Labute approximate surface area is 128 Å². The largest absolute Gasteiger partial charge is 0.493 e. The summed E-state index contributed by atoms with van der Waals surface area (Å²) in [5.41, 5.74) is 8.32. The third-order valence-corrected chi connectivity index (χ3v) is 4.34. The molecule has 2 heterocycles. The average molecular weight is 341 g/mol. The van der Waals surface area contributed by atoms with Crippen LogP contribution in [-0.4, -0.2) is 43.3 Å². The van der Waals surface area contributed by atoms with Crippen molar-refractivity contribution in [2.24, 2.45) is 5.73 Å². The average Bonchev–Trinajstić information content (AvgIpc) is 2.86. The van der Waals surface area contributed by atoms with Crippen LogP contribution in [0.4, 0.5) is 0 Å². The van der Waals surface area contributed by atoms with Crippen LogP contribution < -0.4 is 10.5 Å². The van der Waals surface area contributed by atoms with Crippen LogP contribution in [0.25, 0.3) is 0 Å². The van der Waals surface area contributed by atoms with Crippen molar-refractivity contribution in [1.82, 2.24) is 4.90 Å². The molecule has 1 saturated heterocycles. The zero-order valence-corrected chi connectivity index (χ0v) is 13.4. The summed E-state index contributed by atoms with van der Waals surface area (Å²) in [5, 5.41) is 0. The standard InChI is InChI=1S/C15H21BrN2O2/c1-10-7-18(9-14(6-17)20-10)8-12-5-13(16)4-11-2-3-19-15(11)12/h4-5,10,14H,2-3,6-9,17H2,1H3. The molecule has 0 spiro atoms. The van der Waals surface area contributed by atoms with E-state index >= 15 is 0 Å². The minimum absolute atomic E-state index is 0.139. The van der Waals surface area contributed by atoms with Crippen molar-refractivity contribution in [3.8, 4) is 5.75 Å². The lowest BCUT2D eigenvalue weighted by atomic mass is 10.1. The highest BCUT2D eigenvalue weighted by Gasteiger charge is 2.26. The Hall–Kier alpha value is -0.620. The van der Waals surface area contributed by atoms with Gasteiger partial charge in [-0.25, -0.2) is 0 Å². The van der Waals surface area contributed by atoms with E-state index in [9.17, 15) is 0 Å². The highest BCUT2D eigenvalue weighted by Crippen LogP contribution is 2.34. The Morgan fingerprint density at radius 1 is 1.40 bits per heavy atom. The van der Waals surface area contributed by atoms with E-state index in [4.69, 9.17) is 15.2 Å². The fraction of sp³-hybridized carbons (Fsp3) is 0.600. The van der Waals surface area contributed by atoms with Crippen LogP contribution in [0.1, 0.15) is 18.1 Å². The van der Waals surface area contributed by atoms with Gasteiger partial charge in [0, 0.05) is 42.6 Å². The van der Waals surface area contributed by atoms with Crippen molar-refractivity contribution in [2.75, 3.05) is 26.2 Å². The Morgan fingerprint density at radius 3 is 3.05 bits per heavy atom. The molecule has 1 aromatic rings. The van der Waals surface area contributed by atoms with Gasteiger partial charge in [-0.3, -0.25) is 4.90 Å². The van der Waals surface area contributed by atoms with Crippen LogP contribution in [0.2, 0.25) is 0 Å². The molecule has 2 aliphatic rings. The van der Waals surface area contributed by atoms with Gasteiger partial charge in [-0.1, -0.05) is 15.9 Å². The van der Waals surface area contributed by atoms with Crippen LogP contribution in [-0.2, 0) is 17.7 Å². The normalized spacial score (nSPS) is 26.4. The topological polar surface area (TPSA) is 47.7 Å². The minimum Gasteiger partial charge on any atom is -0.493 e. The van der Waals surface area contributed by atoms with Gasteiger partial charge in [0.2, 0.25) is 0 Å². The first-order valence-corrected chi connectivity index (χ1v) is 7.97. The predicted octanol–water partition coefficient (Wildman–Crippen LogP) is 1.93. The zero-order chi connectivity index (χ0) is 14.1. The summed E-state index contributed by atoms with van der Waals surface area (Å²) in [7, 11) is 0. The number of nitrogens with zero attached hydrogens (tertiary/aromatic N) is 1. The molecule has 0 radical (unpaired) electrons. The van der Waals surface area contributed by atoms with Gasteiger partial charge in [-0.05, 0) is 24.6 Å². The Bertz CT molecular complexity index is 495. The summed E-state index contributed by atoms with van der Waals surface area (Å²) in [6, 6.07) is 4.33. The molecular formula is C15H21BrN2O2. The van der Waals surface area contributed by atoms with Crippen molar-refractivity contribution < 1.29 is 9.47 Å². The van der Waals surface area contributed by atoms with Gasteiger partial charge in [0.1, 0.15) is 5.75 Å². The number of nitrogens with two attached hydrogens (primary N) is 1. The molecule has 0 amide bonds. The van der Waals surface area contributed by atoms with Crippen molar-refractivity contribution in [3.05, 3.63) is 27.7 Å². The van der Waals surface area contributed by atoms with E-state index < -0.39 is 0 Å². The first kappa shape index (κ1) is 14.3. The molecular weight excluding hydrogens is 320 g/mol. The molecule has 0 saturated carbocycles. The number of halogens is 1. The second-order valence-corrected chi connectivity index (χ2v) is 6.57. The van der Waals surface area contributed by atoms with Crippen molar-refractivity contribution in [2.45, 2.75) is 32.1 Å². The molecule has 1 fully saturated rings. The molecule has 0 aromatic heterocycles. The highest BCUT2D eigenvalue weighted by atomic mass is 79.9. The summed E-state index contributed by atoms with van der Waals surface area (Å²) in [6.07, 6.45) is 1.38. The summed E-state index contributed by atoms with van der Waals surface area (Å²) in [6.45, 7) is 6.21. The first-order valence-electron chi connectivity index (χ1n) is 7.17. The number of fused-ring (bicyclic) bond motifs is 1. The van der Waals surface area contributed by atoms with E-state index in [0.717, 1.165) is 42.9 Å². The lowest BCUT2D eigenvalue weighted by Crippen LogP contribution is -2.48. The number of morpholine rings is 1. The highest BCUT2D eigenvalue weighted by molar-refractivity contribution is 9.10. The maximum Gasteiger partial charge on any atom is 0.127 e. The SMILES string of the molecule is CC1CN(Cc2cc(Br)cc3c2OCC3)CC(CN)O1. The summed E-state index contributed by atoms with van der Waals surface area (Å²) >= 11 is 3.60. The number of rotatable bonds is 3. The van der Waals surface area contributed by atoms with E-state index in [2.05, 4.69) is 39.9 Å². The quantitative estimate of drug-likeness (QED) is 0.913. The van der Waals surface area contributed by atoms with Crippen molar-refractivity contribution in [3.63, 3.8) is 0 Å². The summed E-state index contributed by atoms with van der Waals surface area (Å²) in [4.78, 5) is 2.41. The third-order valence-electron chi connectivity index (χ3n) is 3.88. The smallest absolute Gasteiger partial charge is 0.127 e. The van der Waals surface area contributed by atoms with E-state index in [1.54, 1.807) is 0 Å². The molecule has 3 rings (SSSR count). The van der Waals surface area contributed by atoms with Crippen molar-refractivity contribution >= 4 is 15.9 Å². The van der Waals surface area contributed by atoms with E-state index in [-0.39, 0.29) is 12.2 Å². The van der Waals surface area contributed by atoms with Gasteiger partial charge in [-0.15, -0.1) is 0 Å². The molecule has 2 unspecified atom stereocenters. The van der Waals surface area contributed by atoms with Crippen LogP contribution in [0.5, 0.6) is 5.75 Å². The fourth-order valence-corrected chi connectivity index (χ4v) is 3.66. The number of hydrogen-bond donors (Lipinski definition) is 1. The van der Waals surface area contributed by atoms with E-state index in [1.807, 2.05) is 0 Å². The third kappa shape index (κ3) is 3.01. The molecule has 110 valence electrons. The van der Waals surface area contributed by atoms with E-state index in [0.29, 0.717) is 6.54 Å². The van der Waals surface area contributed by atoms with Gasteiger partial charge in [-0.2, -0.15) is 0 Å². The molecule has 0 bridgehead atoms. The monoisotopic (exact) mass is 340 g/mol. The van der Waals surface area contributed by atoms with Gasteiger partial charge in [0.25, 0.3) is 0 Å².